The van der Waals surface area contributed by atoms with Gasteiger partial charge in [0.1, 0.15) is 0 Å². The van der Waals surface area contributed by atoms with Crippen molar-refractivity contribution < 1.29 is 9.53 Å². The van der Waals surface area contributed by atoms with Crippen molar-refractivity contribution in [3.05, 3.63) is 0 Å². The third-order valence-electron chi connectivity index (χ3n) is 5.26. The summed E-state index contributed by atoms with van der Waals surface area (Å²) in [6.07, 6.45) is 5.90. The van der Waals surface area contributed by atoms with Crippen molar-refractivity contribution in [2.45, 2.75) is 52.1 Å². The minimum Gasteiger partial charge on any atom is -0.374 e. The zero-order chi connectivity index (χ0) is 19.5. The summed E-state index contributed by atoms with van der Waals surface area (Å²) in [5, 5.41) is 9.65. The first-order valence-electron chi connectivity index (χ1n) is 10.6. The van der Waals surface area contributed by atoms with Crippen LogP contribution in [0.2, 0.25) is 0 Å². The van der Waals surface area contributed by atoms with Gasteiger partial charge in [-0.05, 0) is 18.8 Å². The van der Waals surface area contributed by atoms with Crippen molar-refractivity contribution in [1.29, 1.82) is 0 Å². The van der Waals surface area contributed by atoms with E-state index in [1.165, 1.54) is 19.3 Å². The highest BCUT2D eigenvalue weighted by atomic mass is 127. The second-order valence-electron chi connectivity index (χ2n) is 8.15. The summed E-state index contributed by atoms with van der Waals surface area (Å²) < 4.78 is 5.86. The maximum atomic E-state index is 12.1. The SMILES string of the molecule is CN=C(NCCNC(=O)C1CCCCC1)NCC1CN(CC(C)C)CCO1.I. The molecule has 1 aliphatic heterocycles. The Balaban J connectivity index is 0.00000392. The standard InChI is InChI=1S/C20H39N5O2.HI/c1-16(2)14-25-11-12-27-18(15-25)13-24-20(21-3)23-10-9-22-19(26)17-7-5-4-6-8-17;/h16-18H,4-15H2,1-3H3,(H,22,26)(H2,21,23,24);1H. The molecular formula is C20H40IN5O2. The summed E-state index contributed by atoms with van der Waals surface area (Å²) >= 11 is 0. The zero-order valence-corrected chi connectivity index (χ0v) is 20.2. The molecule has 1 saturated carbocycles. The first-order chi connectivity index (χ1) is 13.1. The molecule has 0 aromatic heterocycles. The lowest BCUT2D eigenvalue weighted by molar-refractivity contribution is -0.125. The number of nitrogens with one attached hydrogen (secondary N) is 3. The van der Waals surface area contributed by atoms with Gasteiger partial charge >= 0.3 is 0 Å². The van der Waals surface area contributed by atoms with E-state index in [0.29, 0.717) is 19.0 Å². The molecule has 2 aliphatic rings. The van der Waals surface area contributed by atoms with Crippen molar-refractivity contribution in [2.75, 3.05) is 52.9 Å². The lowest BCUT2D eigenvalue weighted by Crippen LogP contribution is -2.50. The van der Waals surface area contributed by atoms with Gasteiger partial charge in [0.15, 0.2) is 5.96 Å². The van der Waals surface area contributed by atoms with Crippen LogP contribution in [-0.2, 0) is 9.53 Å². The third kappa shape index (κ3) is 9.73. The Morgan fingerprint density at radius 3 is 2.54 bits per heavy atom. The fraction of sp³-hybridized carbons (Fsp3) is 0.900. The number of halogens is 1. The van der Waals surface area contributed by atoms with E-state index >= 15 is 0 Å². The zero-order valence-electron chi connectivity index (χ0n) is 17.8. The van der Waals surface area contributed by atoms with E-state index in [4.69, 9.17) is 4.74 Å². The number of rotatable bonds is 8. The molecule has 1 unspecified atom stereocenters. The molecule has 2 fully saturated rings. The molecule has 8 heteroatoms. The normalized spacial score (nSPS) is 21.9. The van der Waals surface area contributed by atoms with Crippen molar-refractivity contribution in [3.63, 3.8) is 0 Å². The second-order valence-corrected chi connectivity index (χ2v) is 8.15. The summed E-state index contributed by atoms with van der Waals surface area (Å²) in [5.74, 6) is 1.86. The fourth-order valence-corrected chi connectivity index (χ4v) is 3.89. The Morgan fingerprint density at radius 1 is 1.14 bits per heavy atom. The van der Waals surface area contributed by atoms with Crippen LogP contribution in [0.15, 0.2) is 4.99 Å². The van der Waals surface area contributed by atoms with Crippen LogP contribution in [0.5, 0.6) is 0 Å². The van der Waals surface area contributed by atoms with Gasteiger partial charge in [-0.25, -0.2) is 0 Å². The van der Waals surface area contributed by atoms with Crippen LogP contribution in [0.3, 0.4) is 0 Å². The fourth-order valence-electron chi connectivity index (χ4n) is 3.89. The molecule has 1 heterocycles. The minimum atomic E-state index is 0. The van der Waals surface area contributed by atoms with Crippen LogP contribution in [0.25, 0.3) is 0 Å². The quantitative estimate of drug-likeness (QED) is 0.202. The Hall–Kier alpha value is -0.610. The van der Waals surface area contributed by atoms with E-state index < -0.39 is 0 Å². The van der Waals surface area contributed by atoms with Crippen LogP contribution in [0.1, 0.15) is 46.0 Å². The lowest BCUT2D eigenvalue weighted by atomic mass is 9.89. The van der Waals surface area contributed by atoms with Crippen LogP contribution in [0.4, 0.5) is 0 Å². The van der Waals surface area contributed by atoms with E-state index in [1.807, 2.05) is 0 Å². The van der Waals surface area contributed by atoms with Crippen molar-refractivity contribution >= 4 is 35.8 Å². The number of carbonyl (C=O) groups excluding carboxylic acids is 1. The van der Waals surface area contributed by atoms with E-state index in [1.54, 1.807) is 7.05 Å². The molecule has 0 spiro atoms. The van der Waals surface area contributed by atoms with Gasteiger partial charge in [-0.2, -0.15) is 0 Å². The lowest BCUT2D eigenvalue weighted by Gasteiger charge is -2.34. The molecule has 1 amide bonds. The highest BCUT2D eigenvalue weighted by Crippen LogP contribution is 2.23. The summed E-state index contributed by atoms with van der Waals surface area (Å²) in [7, 11) is 1.77. The van der Waals surface area contributed by atoms with Crippen molar-refractivity contribution in [3.8, 4) is 0 Å². The molecule has 3 N–H and O–H groups in total. The largest absolute Gasteiger partial charge is 0.374 e. The van der Waals surface area contributed by atoms with Gasteiger partial charge in [0.05, 0.1) is 12.7 Å². The second kappa shape index (κ2) is 14.4. The number of hydrogen-bond acceptors (Lipinski definition) is 4. The van der Waals surface area contributed by atoms with E-state index in [9.17, 15) is 4.79 Å². The number of nitrogens with zero attached hydrogens (tertiary/aromatic N) is 2. The summed E-state index contributed by atoms with van der Waals surface area (Å²) in [5.41, 5.74) is 0. The van der Waals surface area contributed by atoms with Gasteiger partial charge in [-0.1, -0.05) is 33.1 Å². The van der Waals surface area contributed by atoms with Gasteiger partial charge in [0.2, 0.25) is 5.91 Å². The molecule has 164 valence electrons. The Morgan fingerprint density at radius 2 is 1.86 bits per heavy atom. The molecule has 7 nitrogen and oxygen atoms in total. The Labute approximate surface area is 187 Å². The van der Waals surface area contributed by atoms with Crippen LogP contribution in [0, 0.1) is 11.8 Å². The van der Waals surface area contributed by atoms with Crippen molar-refractivity contribution in [1.82, 2.24) is 20.9 Å². The monoisotopic (exact) mass is 509 g/mol. The third-order valence-corrected chi connectivity index (χ3v) is 5.26. The molecule has 0 aromatic carbocycles. The van der Waals surface area contributed by atoms with E-state index in [2.05, 4.69) is 39.7 Å². The topological polar surface area (TPSA) is 78.0 Å². The molecule has 1 atom stereocenters. The minimum absolute atomic E-state index is 0. The van der Waals surface area contributed by atoms with Gasteiger partial charge in [0.25, 0.3) is 0 Å². The first-order valence-corrected chi connectivity index (χ1v) is 10.6. The molecule has 28 heavy (non-hydrogen) atoms. The van der Waals surface area contributed by atoms with E-state index in [-0.39, 0.29) is 41.9 Å². The van der Waals surface area contributed by atoms with Gasteiger partial charge in [-0.3, -0.25) is 14.7 Å². The predicted octanol–water partition coefficient (Wildman–Crippen LogP) is 1.82. The number of carbonyl (C=O) groups is 1. The smallest absolute Gasteiger partial charge is 0.223 e. The first kappa shape index (κ1) is 25.4. The van der Waals surface area contributed by atoms with Crippen LogP contribution >= 0.6 is 24.0 Å². The highest BCUT2D eigenvalue weighted by Gasteiger charge is 2.22. The van der Waals surface area contributed by atoms with E-state index in [0.717, 1.165) is 51.6 Å². The Bertz CT molecular complexity index is 470. The molecule has 0 radical (unpaired) electrons. The summed E-state index contributed by atoms with van der Waals surface area (Å²) in [6, 6.07) is 0. The summed E-state index contributed by atoms with van der Waals surface area (Å²) in [6.45, 7) is 10.4. The highest BCUT2D eigenvalue weighted by molar-refractivity contribution is 14.0. The van der Waals surface area contributed by atoms with Crippen molar-refractivity contribution in [2.24, 2.45) is 16.8 Å². The van der Waals surface area contributed by atoms with Crippen LogP contribution in [-0.4, -0.2) is 75.8 Å². The maximum Gasteiger partial charge on any atom is 0.223 e. The van der Waals surface area contributed by atoms with Crippen LogP contribution < -0.4 is 16.0 Å². The molecule has 2 rings (SSSR count). The van der Waals surface area contributed by atoms with Gasteiger partial charge in [-0.15, -0.1) is 24.0 Å². The summed E-state index contributed by atoms with van der Waals surface area (Å²) in [4.78, 5) is 18.9. The molecular weight excluding hydrogens is 469 g/mol. The molecule has 1 saturated heterocycles. The number of hydrogen-bond donors (Lipinski definition) is 3. The Kier molecular flexibility index (Phi) is 13.1. The van der Waals surface area contributed by atoms with Gasteiger partial charge in [0, 0.05) is 52.2 Å². The number of amides is 1. The number of ether oxygens (including phenoxy) is 1. The van der Waals surface area contributed by atoms with Gasteiger partial charge < -0.3 is 20.7 Å². The number of guanidine groups is 1. The molecule has 0 bridgehead atoms. The molecule has 1 aliphatic carbocycles. The average Bonchev–Trinajstić information content (AvgIpc) is 2.67. The predicted molar refractivity (Wildman–Crippen MR) is 125 cm³/mol. The number of aliphatic imine (C=N–C) groups is 1. The average molecular weight is 509 g/mol. The maximum absolute atomic E-state index is 12.1. The molecule has 0 aromatic rings. The number of morpholine rings is 1.